The number of amides is 2. The van der Waals surface area contributed by atoms with Gasteiger partial charge in [0.25, 0.3) is 0 Å². The normalized spacial score (nSPS) is 13.1. The quantitative estimate of drug-likeness (QED) is 0.119. The van der Waals surface area contributed by atoms with Gasteiger partial charge in [0.1, 0.15) is 12.1 Å². The molecule has 0 aliphatic rings. The first-order valence-electron chi connectivity index (χ1n) is 15.7. The van der Waals surface area contributed by atoms with E-state index >= 15 is 0 Å². The Bertz CT molecular complexity index is 1380. The minimum absolute atomic E-state index is 0.134. The average molecular weight is 623 g/mol. The van der Waals surface area contributed by atoms with E-state index in [-0.39, 0.29) is 30.5 Å². The van der Waals surface area contributed by atoms with E-state index in [1.54, 1.807) is 0 Å². The van der Waals surface area contributed by atoms with Gasteiger partial charge in [0.05, 0.1) is 12.1 Å². The summed E-state index contributed by atoms with van der Waals surface area (Å²) in [5.41, 5.74) is 2.57. The third kappa shape index (κ3) is 9.16. The minimum atomic E-state index is -1.49. The molecule has 7 heteroatoms. The minimum Gasteiger partial charge on any atom is -0.445 e. The molecule has 2 atom stereocenters. The Morgan fingerprint density at radius 3 is 1.58 bits per heavy atom. The van der Waals surface area contributed by atoms with Crippen LogP contribution in [0.25, 0.3) is 0 Å². The van der Waals surface area contributed by atoms with E-state index in [0.717, 1.165) is 22.3 Å². The molecule has 0 saturated carbocycles. The largest absolute Gasteiger partial charge is 0.445 e. The Kier molecular flexibility index (Phi) is 11.7. The van der Waals surface area contributed by atoms with Crippen molar-refractivity contribution >= 4 is 21.0 Å². The highest BCUT2D eigenvalue weighted by Gasteiger charge is 2.39. The smallest absolute Gasteiger partial charge is 0.407 e. The van der Waals surface area contributed by atoms with Gasteiger partial charge in [-0.25, -0.2) is 4.79 Å². The fourth-order valence-electron chi connectivity index (χ4n) is 5.75. The number of carbonyl (C=O) groups excluding carboxylic acids is 2. The number of ether oxygens (including phenoxy) is 1. The van der Waals surface area contributed by atoms with E-state index in [4.69, 9.17) is 9.16 Å². The van der Waals surface area contributed by atoms with E-state index in [0.29, 0.717) is 6.42 Å². The van der Waals surface area contributed by atoms with E-state index in [1.807, 2.05) is 121 Å². The third-order valence-electron chi connectivity index (χ3n) is 7.78. The molecule has 4 aromatic rings. The molecule has 0 aliphatic carbocycles. The van der Waals surface area contributed by atoms with Gasteiger partial charge in [-0.15, -0.1) is 0 Å². The number of rotatable bonds is 13. The van der Waals surface area contributed by atoms with Gasteiger partial charge in [-0.05, 0) is 47.2 Å². The van der Waals surface area contributed by atoms with Crippen molar-refractivity contribution in [1.82, 2.24) is 10.6 Å². The molecular weight excluding hydrogens is 577 g/mol. The first kappa shape index (κ1) is 33.7. The summed E-state index contributed by atoms with van der Waals surface area (Å²) in [5.74, 6) is -0.134. The van der Waals surface area contributed by atoms with Crippen molar-refractivity contribution in [2.75, 3.05) is 0 Å². The van der Waals surface area contributed by atoms with Crippen molar-refractivity contribution in [2.24, 2.45) is 5.41 Å². The third-order valence-corrected chi connectivity index (χ3v) is 8.62. The summed E-state index contributed by atoms with van der Waals surface area (Å²) in [6.45, 7) is 10.7. The molecule has 0 heterocycles. The van der Waals surface area contributed by atoms with Crippen LogP contribution in [-0.4, -0.2) is 33.2 Å². The number of hydrogen-bond acceptors (Lipinski definition) is 4. The lowest BCUT2D eigenvalue weighted by molar-refractivity contribution is -0.122. The van der Waals surface area contributed by atoms with E-state index in [2.05, 4.69) is 44.5 Å². The van der Waals surface area contributed by atoms with Crippen LogP contribution in [0.5, 0.6) is 0 Å². The zero-order chi connectivity index (χ0) is 32.3. The molecule has 0 bridgehead atoms. The molecule has 0 radical (unpaired) electrons. The maximum atomic E-state index is 14.1. The summed E-state index contributed by atoms with van der Waals surface area (Å²) in [5, 5.41) is 6.51. The Morgan fingerprint density at radius 1 is 0.711 bits per heavy atom. The second-order valence-corrected chi connectivity index (χ2v) is 15.1. The van der Waals surface area contributed by atoms with Crippen LogP contribution in [0.15, 0.2) is 121 Å². The fourth-order valence-corrected chi connectivity index (χ4v) is 6.93. The van der Waals surface area contributed by atoms with Crippen LogP contribution in [0.2, 0.25) is 13.1 Å². The van der Waals surface area contributed by atoms with Crippen LogP contribution >= 0.6 is 0 Å². The van der Waals surface area contributed by atoms with Gasteiger partial charge in [0.15, 0.2) is 9.04 Å². The van der Waals surface area contributed by atoms with Crippen molar-refractivity contribution < 1.29 is 18.8 Å². The predicted octanol–water partition coefficient (Wildman–Crippen LogP) is 7.58. The Balaban J connectivity index is 1.61. The lowest BCUT2D eigenvalue weighted by Gasteiger charge is -2.39. The zero-order valence-corrected chi connectivity index (χ0v) is 28.2. The van der Waals surface area contributed by atoms with Crippen molar-refractivity contribution in [1.29, 1.82) is 0 Å². The fraction of sp³-hybridized carbons (Fsp3) is 0.316. The van der Waals surface area contributed by atoms with Gasteiger partial charge in [-0.1, -0.05) is 142 Å². The van der Waals surface area contributed by atoms with Gasteiger partial charge in [0, 0.05) is 6.42 Å². The highest BCUT2D eigenvalue weighted by molar-refractivity contribution is 6.48. The average Bonchev–Trinajstić information content (AvgIpc) is 3.04. The molecule has 2 amide bonds. The summed E-state index contributed by atoms with van der Waals surface area (Å²) in [7, 11) is -1.49. The van der Waals surface area contributed by atoms with E-state index in [9.17, 15) is 9.59 Å². The lowest BCUT2D eigenvalue weighted by atomic mass is 9.76. The molecule has 0 fully saturated rings. The molecule has 1 unspecified atom stereocenters. The zero-order valence-electron chi connectivity index (χ0n) is 27.0. The number of hydrogen-bond donors (Lipinski definition) is 2. The van der Waals surface area contributed by atoms with Gasteiger partial charge < -0.3 is 19.8 Å². The monoisotopic (exact) mass is 622 g/mol. The highest BCUT2D eigenvalue weighted by atomic mass is 28.3. The van der Waals surface area contributed by atoms with Crippen molar-refractivity contribution in [3.63, 3.8) is 0 Å². The summed E-state index contributed by atoms with van der Waals surface area (Å²) < 4.78 is 12.1. The molecule has 236 valence electrons. The lowest BCUT2D eigenvalue weighted by Crippen LogP contribution is -2.52. The van der Waals surface area contributed by atoms with Crippen molar-refractivity contribution in [3.05, 3.63) is 144 Å². The number of alkyl carbamates (subject to hydrolysis) is 1. The SMILES string of the molecule is C[SiH](C)OC([C@H](CCC(=O)NC(c1ccccc1)(c1ccccc1)c1ccccc1)NC(=O)OCc1ccccc1)C(C)(C)C. The second-order valence-electron chi connectivity index (χ2n) is 12.7. The topological polar surface area (TPSA) is 76.7 Å². The molecule has 0 spiro atoms. The van der Waals surface area contributed by atoms with E-state index < -0.39 is 26.7 Å². The number of nitrogens with one attached hydrogen (secondary N) is 2. The van der Waals surface area contributed by atoms with Gasteiger partial charge in [-0.2, -0.15) is 0 Å². The van der Waals surface area contributed by atoms with Crippen LogP contribution in [-0.2, 0) is 26.1 Å². The van der Waals surface area contributed by atoms with E-state index in [1.165, 1.54) is 0 Å². The maximum absolute atomic E-state index is 14.1. The number of benzene rings is 4. The molecule has 2 N–H and O–H groups in total. The molecule has 0 aromatic heterocycles. The van der Waals surface area contributed by atoms with Crippen LogP contribution in [0.4, 0.5) is 4.79 Å². The Morgan fingerprint density at radius 2 is 1.16 bits per heavy atom. The highest BCUT2D eigenvalue weighted by Crippen LogP contribution is 2.37. The molecule has 4 aromatic carbocycles. The van der Waals surface area contributed by atoms with Gasteiger partial charge >= 0.3 is 6.09 Å². The van der Waals surface area contributed by atoms with Gasteiger partial charge in [0.2, 0.25) is 5.91 Å². The van der Waals surface area contributed by atoms with Crippen molar-refractivity contribution in [3.8, 4) is 0 Å². The van der Waals surface area contributed by atoms with Crippen molar-refractivity contribution in [2.45, 2.75) is 71.0 Å². The molecule has 0 saturated heterocycles. The molecule has 45 heavy (non-hydrogen) atoms. The van der Waals surface area contributed by atoms with Crippen LogP contribution in [0.3, 0.4) is 0 Å². The Hall–Kier alpha value is -4.20. The molecule has 0 aliphatic heterocycles. The summed E-state index contributed by atoms with van der Waals surface area (Å²) in [6, 6.07) is 39.3. The molecular formula is C38H46N2O4Si. The summed E-state index contributed by atoms with van der Waals surface area (Å²) in [6.07, 6.45) is -0.278. The Labute approximate surface area is 269 Å². The first-order valence-corrected chi connectivity index (χ1v) is 18.5. The number of carbonyl (C=O) groups is 2. The molecule has 4 rings (SSSR count). The van der Waals surface area contributed by atoms with Crippen LogP contribution < -0.4 is 10.6 Å². The summed E-state index contributed by atoms with van der Waals surface area (Å²) in [4.78, 5) is 27.2. The second kappa shape index (κ2) is 15.7. The van der Waals surface area contributed by atoms with Crippen LogP contribution in [0, 0.1) is 5.41 Å². The van der Waals surface area contributed by atoms with Gasteiger partial charge in [-0.3, -0.25) is 4.79 Å². The predicted molar refractivity (Wildman–Crippen MR) is 183 cm³/mol. The first-order chi connectivity index (χ1) is 21.6. The molecule has 6 nitrogen and oxygen atoms in total. The summed E-state index contributed by atoms with van der Waals surface area (Å²) >= 11 is 0. The standard InChI is InChI=1S/C38H46N2O4Si/c1-37(2,3)35(44-45(4)5)33(39-36(42)43-28-29-18-10-6-11-19-29)26-27-34(41)40-38(30-20-12-7-13-21-30,31-22-14-8-15-23-31)32-24-16-9-17-25-32/h6-25,33,35,45H,26-28H2,1-5H3,(H,39,42)(H,40,41)/t33-,35?/m0/s1. The maximum Gasteiger partial charge on any atom is 0.407 e. The van der Waals surface area contributed by atoms with Crippen LogP contribution in [0.1, 0.15) is 55.9 Å².